The molecule has 2 unspecified atom stereocenters. The summed E-state index contributed by atoms with van der Waals surface area (Å²) in [5, 5.41) is 21.0. The van der Waals surface area contributed by atoms with Gasteiger partial charge in [0.1, 0.15) is 0 Å². The van der Waals surface area contributed by atoms with E-state index in [0.717, 1.165) is 37.7 Å². The van der Waals surface area contributed by atoms with Crippen molar-refractivity contribution in [2.45, 2.75) is 124 Å². The Morgan fingerprint density at radius 3 is 2.29 bits per heavy atom. The molecule has 0 heterocycles. The largest absolute Gasteiger partial charge is 0.417 e. The van der Waals surface area contributed by atoms with Crippen molar-refractivity contribution in [3.05, 3.63) is 11.6 Å². The highest BCUT2D eigenvalue weighted by atomic mass is 19.4. The topological polar surface area (TPSA) is 40.5 Å². The van der Waals surface area contributed by atoms with E-state index in [4.69, 9.17) is 0 Å². The average Bonchev–Trinajstić information content (AvgIpc) is 3.08. The minimum Gasteiger partial charge on any atom is -0.393 e. The Morgan fingerprint density at radius 1 is 1.00 bits per heavy atom. The van der Waals surface area contributed by atoms with Crippen LogP contribution in [0.4, 0.5) is 13.2 Å². The molecule has 0 aromatic carbocycles. The van der Waals surface area contributed by atoms with Gasteiger partial charge in [0.2, 0.25) is 0 Å². The van der Waals surface area contributed by atoms with Crippen molar-refractivity contribution in [1.29, 1.82) is 0 Å². The molecular formula is C29H47F3O2. The first-order valence-corrected chi connectivity index (χ1v) is 13.7. The molecule has 4 aliphatic rings. The molecule has 0 amide bonds. The summed E-state index contributed by atoms with van der Waals surface area (Å²) in [4.78, 5) is 0. The molecule has 0 radical (unpaired) electrons. The quantitative estimate of drug-likeness (QED) is 0.402. The third-order valence-corrected chi connectivity index (χ3v) is 11.3. The Labute approximate surface area is 204 Å². The fraction of sp³-hybridized carbons (Fsp3) is 0.931. The maximum Gasteiger partial charge on any atom is 0.417 e. The van der Waals surface area contributed by atoms with Gasteiger partial charge >= 0.3 is 6.18 Å². The first kappa shape index (κ1) is 26.5. The van der Waals surface area contributed by atoms with E-state index in [9.17, 15) is 23.4 Å². The molecule has 0 spiro atoms. The minimum absolute atomic E-state index is 0.0836. The Hall–Kier alpha value is -0.550. The van der Waals surface area contributed by atoms with Gasteiger partial charge in [-0.1, -0.05) is 53.2 Å². The van der Waals surface area contributed by atoms with Crippen LogP contribution >= 0.6 is 0 Å². The van der Waals surface area contributed by atoms with E-state index in [2.05, 4.69) is 47.6 Å². The van der Waals surface area contributed by atoms with Crippen LogP contribution in [0.3, 0.4) is 0 Å². The fourth-order valence-corrected chi connectivity index (χ4v) is 8.92. The second-order valence-corrected chi connectivity index (χ2v) is 14.1. The summed E-state index contributed by atoms with van der Waals surface area (Å²) >= 11 is 0. The Bertz CT molecular complexity index is 798. The maximum atomic E-state index is 13.6. The highest BCUT2D eigenvalue weighted by Crippen LogP contribution is 2.68. The summed E-state index contributed by atoms with van der Waals surface area (Å²) < 4.78 is 40.7. The van der Waals surface area contributed by atoms with E-state index in [0.29, 0.717) is 36.0 Å². The lowest BCUT2D eigenvalue weighted by atomic mass is 9.46. The van der Waals surface area contributed by atoms with Gasteiger partial charge in [-0.3, -0.25) is 0 Å². The highest BCUT2D eigenvalue weighted by Gasteiger charge is 2.63. The smallest absolute Gasteiger partial charge is 0.393 e. The monoisotopic (exact) mass is 484 g/mol. The normalized spacial score (nSPS) is 44.5. The molecule has 3 fully saturated rings. The minimum atomic E-state index is -4.56. The molecule has 0 bridgehead atoms. The number of halogens is 3. The average molecular weight is 485 g/mol. The zero-order valence-corrected chi connectivity index (χ0v) is 22.1. The van der Waals surface area contributed by atoms with E-state index in [-0.39, 0.29) is 35.2 Å². The Balaban J connectivity index is 1.49. The Kier molecular flexibility index (Phi) is 6.63. The molecule has 4 aliphatic carbocycles. The third kappa shape index (κ3) is 4.19. The van der Waals surface area contributed by atoms with Crippen LogP contribution in [0.1, 0.15) is 106 Å². The number of hydrogen-bond donors (Lipinski definition) is 2. The summed E-state index contributed by atoms with van der Waals surface area (Å²) in [6, 6.07) is 0. The molecule has 3 saturated carbocycles. The second-order valence-electron chi connectivity index (χ2n) is 14.1. The standard InChI is InChI=1S/C29H47F3O2/c1-18(7-12-24(33)25(2,3)4)21-10-11-22-20-9-8-19-17-28(34,29(30,31)32)16-15-26(19,5)23(20)13-14-27(21,22)6/h8,18,20-24,33-34H,7,9-17H2,1-6H3/t18-,20+,21-,22+,23?,24?,26+,27-,28+/m1/s1. The number of aliphatic hydroxyl groups is 2. The van der Waals surface area contributed by atoms with E-state index in [1.807, 2.05) is 0 Å². The summed E-state index contributed by atoms with van der Waals surface area (Å²) in [5.74, 6) is 2.84. The molecule has 9 atom stereocenters. The highest BCUT2D eigenvalue weighted by molar-refractivity contribution is 5.28. The van der Waals surface area contributed by atoms with Crippen molar-refractivity contribution in [3.8, 4) is 0 Å². The molecule has 2 N–H and O–H groups in total. The zero-order chi connectivity index (χ0) is 25.3. The van der Waals surface area contributed by atoms with Crippen LogP contribution in [0.2, 0.25) is 0 Å². The van der Waals surface area contributed by atoms with E-state index >= 15 is 0 Å². The van der Waals surface area contributed by atoms with Gasteiger partial charge in [-0.05, 0) is 104 Å². The van der Waals surface area contributed by atoms with Crippen LogP contribution in [0.15, 0.2) is 11.6 Å². The van der Waals surface area contributed by atoms with Gasteiger partial charge in [0.25, 0.3) is 0 Å². The maximum absolute atomic E-state index is 13.6. The third-order valence-electron chi connectivity index (χ3n) is 11.3. The number of hydrogen-bond acceptors (Lipinski definition) is 2. The van der Waals surface area contributed by atoms with Gasteiger partial charge in [0.05, 0.1) is 6.10 Å². The van der Waals surface area contributed by atoms with Gasteiger partial charge in [-0.25, -0.2) is 0 Å². The molecular weight excluding hydrogens is 437 g/mol. The zero-order valence-electron chi connectivity index (χ0n) is 22.1. The molecule has 0 saturated heterocycles. The number of allylic oxidation sites excluding steroid dienone is 1. The van der Waals surface area contributed by atoms with Crippen LogP contribution in [-0.4, -0.2) is 28.1 Å². The fourth-order valence-electron chi connectivity index (χ4n) is 8.92. The Morgan fingerprint density at radius 2 is 1.68 bits per heavy atom. The first-order chi connectivity index (χ1) is 15.5. The van der Waals surface area contributed by atoms with Gasteiger partial charge in [-0.15, -0.1) is 0 Å². The molecule has 2 nitrogen and oxygen atoms in total. The molecule has 5 heteroatoms. The molecule has 4 rings (SSSR count). The van der Waals surface area contributed by atoms with E-state index in [1.54, 1.807) is 0 Å². The van der Waals surface area contributed by atoms with Crippen LogP contribution in [0, 0.1) is 45.8 Å². The first-order valence-electron chi connectivity index (χ1n) is 13.7. The lowest BCUT2D eigenvalue weighted by Gasteiger charge is -2.59. The molecule has 0 aliphatic heterocycles. The SMILES string of the molecule is C[C@H](CCC(O)C(C)(C)C)[C@H]1CC[C@H]2[C@@H]3CC=C4C[C@](O)(C(F)(F)F)CC[C@]4(C)C3CC[C@]12C. The van der Waals surface area contributed by atoms with Crippen molar-refractivity contribution in [2.75, 3.05) is 0 Å². The van der Waals surface area contributed by atoms with E-state index in [1.165, 1.54) is 12.8 Å². The lowest BCUT2D eigenvalue weighted by molar-refractivity contribution is -0.271. The second kappa shape index (κ2) is 8.50. The van der Waals surface area contributed by atoms with Crippen molar-refractivity contribution in [3.63, 3.8) is 0 Å². The van der Waals surface area contributed by atoms with Gasteiger partial charge in [0.15, 0.2) is 5.60 Å². The number of alkyl halides is 3. The van der Waals surface area contributed by atoms with Crippen molar-refractivity contribution in [1.82, 2.24) is 0 Å². The van der Waals surface area contributed by atoms with Gasteiger partial charge in [-0.2, -0.15) is 13.2 Å². The van der Waals surface area contributed by atoms with Crippen molar-refractivity contribution in [2.24, 2.45) is 45.8 Å². The van der Waals surface area contributed by atoms with Crippen LogP contribution in [0.5, 0.6) is 0 Å². The number of aliphatic hydroxyl groups excluding tert-OH is 1. The van der Waals surface area contributed by atoms with Crippen LogP contribution < -0.4 is 0 Å². The van der Waals surface area contributed by atoms with Crippen molar-refractivity contribution >= 4 is 0 Å². The van der Waals surface area contributed by atoms with Crippen LogP contribution in [0.25, 0.3) is 0 Å². The lowest BCUT2D eigenvalue weighted by Crippen LogP contribution is -2.55. The molecule has 34 heavy (non-hydrogen) atoms. The summed E-state index contributed by atoms with van der Waals surface area (Å²) in [7, 11) is 0. The predicted octanol–water partition coefficient (Wildman–Crippen LogP) is 7.68. The van der Waals surface area contributed by atoms with E-state index < -0.39 is 11.8 Å². The summed E-state index contributed by atoms with van der Waals surface area (Å²) in [5.41, 5.74) is -1.69. The van der Waals surface area contributed by atoms with Gasteiger partial charge < -0.3 is 10.2 Å². The summed E-state index contributed by atoms with van der Waals surface area (Å²) in [6.45, 7) is 13.4. The molecule has 196 valence electrons. The van der Waals surface area contributed by atoms with Gasteiger partial charge in [0, 0.05) is 6.42 Å². The molecule has 0 aromatic heterocycles. The number of rotatable bonds is 4. The summed E-state index contributed by atoms with van der Waals surface area (Å²) in [6.07, 6.45) is 4.74. The predicted molar refractivity (Wildman–Crippen MR) is 130 cm³/mol. The number of fused-ring (bicyclic) bond motifs is 5. The van der Waals surface area contributed by atoms with Crippen LogP contribution in [-0.2, 0) is 0 Å². The molecule has 0 aromatic rings. The van der Waals surface area contributed by atoms with Crippen molar-refractivity contribution < 1.29 is 23.4 Å².